The van der Waals surface area contributed by atoms with Gasteiger partial charge in [-0.05, 0) is 43.3 Å². The van der Waals surface area contributed by atoms with E-state index in [1.54, 1.807) is 36.4 Å². The number of rotatable bonds is 6. The molecular weight excluding hydrogens is 302 g/mol. The highest BCUT2D eigenvalue weighted by atomic mass is 32.2. The Labute approximate surface area is 131 Å². The predicted molar refractivity (Wildman–Crippen MR) is 86.2 cm³/mol. The summed E-state index contributed by atoms with van der Waals surface area (Å²) in [5, 5.41) is 0. The third-order valence-corrected chi connectivity index (χ3v) is 5.00. The number of hydrogen-bond donors (Lipinski definition) is 0. The SMILES string of the molecule is CCOc1ccc(S(=O)(=O)N(C)c2ccccc2OC)cc1. The molecule has 0 aromatic heterocycles. The zero-order valence-electron chi connectivity index (χ0n) is 12.8. The van der Waals surface area contributed by atoms with Gasteiger partial charge in [-0.25, -0.2) is 8.42 Å². The molecule has 0 aliphatic heterocycles. The van der Waals surface area contributed by atoms with E-state index < -0.39 is 10.0 Å². The van der Waals surface area contributed by atoms with E-state index in [4.69, 9.17) is 9.47 Å². The lowest BCUT2D eigenvalue weighted by molar-refractivity contribution is 0.340. The number of benzene rings is 2. The van der Waals surface area contributed by atoms with Crippen LogP contribution in [0.3, 0.4) is 0 Å². The Balaban J connectivity index is 2.36. The summed E-state index contributed by atoms with van der Waals surface area (Å²) in [6.07, 6.45) is 0. The maximum absolute atomic E-state index is 12.7. The van der Waals surface area contributed by atoms with Crippen LogP contribution in [-0.4, -0.2) is 29.2 Å². The zero-order valence-corrected chi connectivity index (χ0v) is 13.6. The fourth-order valence-corrected chi connectivity index (χ4v) is 3.26. The Kier molecular flexibility index (Phi) is 4.92. The van der Waals surface area contributed by atoms with E-state index in [0.717, 1.165) is 0 Å². The molecule has 2 aromatic carbocycles. The van der Waals surface area contributed by atoms with E-state index in [-0.39, 0.29) is 4.90 Å². The molecule has 0 fully saturated rings. The molecule has 0 amide bonds. The van der Waals surface area contributed by atoms with Crippen molar-refractivity contribution in [1.82, 2.24) is 0 Å². The minimum absolute atomic E-state index is 0.198. The molecule has 6 heteroatoms. The van der Waals surface area contributed by atoms with E-state index in [1.165, 1.54) is 30.6 Å². The molecule has 2 aromatic rings. The van der Waals surface area contributed by atoms with Crippen molar-refractivity contribution in [3.05, 3.63) is 48.5 Å². The monoisotopic (exact) mass is 321 g/mol. The highest BCUT2D eigenvalue weighted by molar-refractivity contribution is 7.92. The first-order chi connectivity index (χ1) is 10.5. The van der Waals surface area contributed by atoms with Crippen LogP contribution in [0.4, 0.5) is 5.69 Å². The highest BCUT2D eigenvalue weighted by Gasteiger charge is 2.23. The topological polar surface area (TPSA) is 55.8 Å². The van der Waals surface area contributed by atoms with Gasteiger partial charge < -0.3 is 9.47 Å². The van der Waals surface area contributed by atoms with Crippen molar-refractivity contribution in [2.24, 2.45) is 0 Å². The summed E-state index contributed by atoms with van der Waals surface area (Å²) in [5.41, 5.74) is 0.485. The van der Waals surface area contributed by atoms with E-state index in [0.29, 0.717) is 23.8 Å². The molecule has 0 saturated heterocycles. The zero-order chi connectivity index (χ0) is 16.2. The van der Waals surface area contributed by atoms with E-state index in [2.05, 4.69) is 0 Å². The van der Waals surface area contributed by atoms with Gasteiger partial charge in [-0.1, -0.05) is 12.1 Å². The van der Waals surface area contributed by atoms with E-state index >= 15 is 0 Å². The normalized spacial score (nSPS) is 11.0. The van der Waals surface area contributed by atoms with Crippen molar-refractivity contribution < 1.29 is 17.9 Å². The van der Waals surface area contributed by atoms with Gasteiger partial charge in [0, 0.05) is 7.05 Å². The molecular formula is C16H19NO4S. The molecule has 0 N–H and O–H groups in total. The molecule has 0 aliphatic rings. The van der Waals surface area contributed by atoms with Crippen molar-refractivity contribution in [2.45, 2.75) is 11.8 Å². The molecule has 0 heterocycles. The van der Waals surface area contributed by atoms with Gasteiger partial charge in [0.2, 0.25) is 0 Å². The van der Waals surface area contributed by atoms with Gasteiger partial charge in [0.05, 0.1) is 24.3 Å². The van der Waals surface area contributed by atoms with Crippen LogP contribution in [0.15, 0.2) is 53.4 Å². The average molecular weight is 321 g/mol. The first-order valence-electron chi connectivity index (χ1n) is 6.85. The number of sulfonamides is 1. The molecule has 0 radical (unpaired) electrons. The minimum atomic E-state index is -3.66. The van der Waals surface area contributed by atoms with E-state index in [9.17, 15) is 8.42 Å². The Morgan fingerprint density at radius 2 is 1.68 bits per heavy atom. The molecule has 0 unspecified atom stereocenters. The van der Waals surface area contributed by atoms with Crippen molar-refractivity contribution in [3.8, 4) is 11.5 Å². The summed E-state index contributed by atoms with van der Waals surface area (Å²) in [7, 11) is -0.645. The Morgan fingerprint density at radius 1 is 1.05 bits per heavy atom. The van der Waals surface area contributed by atoms with Crippen LogP contribution in [-0.2, 0) is 10.0 Å². The van der Waals surface area contributed by atoms with Crippen LogP contribution < -0.4 is 13.8 Å². The lowest BCUT2D eigenvalue weighted by atomic mass is 10.3. The molecule has 0 spiro atoms. The van der Waals surface area contributed by atoms with Crippen LogP contribution in [0.5, 0.6) is 11.5 Å². The lowest BCUT2D eigenvalue weighted by Gasteiger charge is -2.21. The number of methoxy groups -OCH3 is 1. The van der Waals surface area contributed by atoms with Crippen molar-refractivity contribution >= 4 is 15.7 Å². The summed E-state index contributed by atoms with van der Waals surface area (Å²) in [6, 6.07) is 13.3. The smallest absolute Gasteiger partial charge is 0.264 e. The first-order valence-corrected chi connectivity index (χ1v) is 8.29. The third-order valence-electron chi connectivity index (χ3n) is 3.22. The largest absolute Gasteiger partial charge is 0.495 e. The first kappa shape index (κ1) is 16.2. The molecule has 0 saturated carbocycles. The van der Waals surface area contributed by atoms with Gasteiger partial charge in [-0.15, -0.1) is 0 Å². The standard InChI is InChI=1S/C16H19NO4S/c1-4-21-13-9-11-14(12-10-13)22(18,19)17(2)15-7-5-6-8-16(15)20-3/h5-12H,4H2,1-3H3. The summed E-state index contributed by atoms with van der Waals surface area (Å²) < 4.78 is 37.2. The van der Waals surface area contributed by atoms with Crippen LogP contribution in [0.2, 0.25) is 0 Å². The molecule has 0 aliphatic carbocycles. The summed E-state index contributed by atoms with van der Waals surface area (Å²) in [4.78, 5) is 0.198. The molecule has 22 heavy (non-hydrogen) atoms. The molecule has 5 nitrogen and oxygen atoms in total. The Hall–Kier alpha value is -2.21. The maximum atomic E-state index is 12.7. The van der Waals surface area contributed by atoms with Gasteiger partial charge in [0.15, 0.2) is 0 Å². The van der Waals surface area contributed by atoms with Gasteiger partial charge in [-0.2, -0.15) is 0 Å². The Bertz CT molecular complexity index is 726. The fourth-order valence-electron chi connectivity index (χ4n) is 2.05. The molecule has 2 rings (SSSR count). The van der Waals surface area contributed by atoms with Crippen molar-refractivity contribution in [2.75, 3.05) is 25.1 Å². The van der Waals surface area contributed by atoms with Crippen LogP contribution in [0.25, 0.3) is 0 Å². The van der Waals surface area contributed by atoms with Gasteiger partial charge in [-0.3, -0.25) is 4.31 Å². The van der Waals surface area contributed by atoms with Crippen LogP contribution >= 0.6 is 0 Å². The highest BCUT2D eigenvalue weighted by Crippen LogP contribution is 2.31. The maximum Gasteiger partial charge on any atom is 0.264 e. The third kappa shape index (κ3) is 3.17. The van der Waals surface area contributed by atoms with Crippen LogP contribution in [0, 0.1) is 0 Å². The van der Waals surface area contributed by atoms with Gasteiger partial charge in [0.1, 0.15) is 11.5 Å². The van der Waals surface area contributed by atoms with Crippen molar-refractivity contribution in [1.29, 1.82) is 0 Å². The summed E-state index contributed by atoms with van der Waals surface area (Å²) >= 11 is 0. The van der Waals surface area contributed by atoms with Crippen LogP contribution in [0.1, 0.15) is 6.92 Å². The molecule has 118 valence electrons. The summed E-state index contributed by atoms with van der Waals surface area (Å²) in [5.74, 6) is 1.14. The van der Waals surface area contributed by atoms with E-state index in [1.807, 2.05) is 6.92 Å². The second-order valence-corrected chi connectivity index (χ2v) is 6.52. The van der Waals surface area contributed by atoms with Gasteiger partial charge >= 0.3 is 0 Å². The second kappa shape index (κ2) is 6.70. The second-order valence-electron chi connectivity index (χ2n) is 4.55. The van der Waals surface area contributed by atoms with Crippen molar-refractivity contribution in [3.63, 3.8) is 0 Å². The number of ether oxygens (including phenoxy) is 2. The predicted octanol–water partition coefficient (Wildman–Crippen LogP) is 2.92. The molecule has 0 bridgehead atoms. The fraction of sp³-hybridized carbons (Fsp3) is 0.250. The summed E-state index contributed by atoms with van der Waals surface area (Å²) in [6.45, 7) is 2.41. The minimum Gasteiger partial charge on any atom is -0.495 e. The number of nitrogens with zero attached hydrogens (tertiary/aromatic N) is 1. The average Bonchev–Trinajstić information content (AvgIpc) is 2.55. The quantitative estimate of drug-likeness (QED) is 0.821. The number of para-hydroxylation sites is 2. The van der Waals surface area contributed by atoms with Gasteiger partial charge in [0.25, 0.3) is 10.0 Å². The number of hydrogen-bond acceptors (Lipinski definition) is 4. The Morgan fingerprint density at radius 3 is 2.27 bits per heavy atom. The number of anilines is 1. The molecule has 0 atom stereocenters. The lowest BCUT2D eigenvalue weighted by Crippen LogP contribution is -2.26.